The minimum atomic E-state index is -1.42. The Bertz CT molecular complexity index is 1330. The summed E-state index contributed by atoms with van der Waals surface area (Å²) in [5.41, 5.74) is 4.37. The number of nitrogens with zero attached hydrogens (tertiary/aromatic N) is 3. The Hall–Kier alpha value is -3.99. The molecular formula is C24H29N5O10S2. The summed E-state index contributed by atoms with van der Waals surface area (Å²) in [6.07, 6.45) is -1.65. The van der Waals surface area contributed by atoms with E-state index in [0.29, 0.717) is 0 Å². The number of hydrogen-bond acceptors (Lipinski definition) is 14. The summed E-state index contributed by atoms with van der Waals surface area (Å²) in [6, 6.07) is -1.13. The van der Waals surface area contributed by atoms with E-state index in [9.17, 15) is 33.9 Å². The lowest BCUT2D eigenvalue weighted by molar-refractivity contribution is -0.167. The van der Waals surface area contributed by atoms with Crippen LogP contribution in [-0.2, 0) is 43.1 Å². The van der Waals surface area contributed by atoms with Crippen LogP contribution in [0.1, 0.15) is 46.7 Å². The summed E-state index contributed by atoms with van der Waals surface area (Å²) in [5.74, 6) is -4.90. The highest BCUT2D eigenvalue weighted by molar-refractivity contribution is 8.00. The van der Waals surface area contributed by atoms with E-state index in [0.717, 1.165) is 28.0 Å². The molecule has 3 heterocycles. The van der Waals surface area contributed by atoms with Crippen molar-refractivity contribution in [3.05, 3.63) is 22.3 Å². The van der Waals surface area contributed by atoms with E-state index < -0.39 is 71.7 Å². The molecule has 0 aliphatic carbocycles. The van der Waals surface area contributed by atoms with Gasteiger partial charge in [0.1, 0.15) is 47.2 Å². The van der Waals surface area contributed by atoms with Crippen molar-refractivity contribution in [2.45, 2.75) is 64.2 Å². The summed E-state index contributed by atoms with van der Waals surface area (Å²) in [4.78, 5) is 83.6. The number of β-lactam (4-membered cyclic amide) rings is 1. The first-order valence-electron chi connectivity index (χ1n) is 12.1. The van der Waals surface area contributed by atoms with Crippen LogP contribution in [0.2, 0.25) is 0 Å². The number of fused-ring (bicyclic) bond motifs is 1. The van der Waals surface area contributed by atoms with Gasteiger partial charge in [0.25, 0.3) is 11.8 Å². The smallest absolute Gasteiger partial charge is 0.352 e. The second-order valence-electron chi connectivity index (χ2n) is 9.95. The maximum Gasteiger partial charge on any atom is 0.352 e. The second-order valence-corrected chi connectivity index (χ2v) is 11.9. The number of carbonyl (C=O) groups excluding carboxylic acids is 5. The third kappa shape index (κ3) is 7.81. The Morgan fingerprint density at radius 2 is 1.98 bits per heavy atom. The quantitative estimate of drug-likeness (QED) is 0.102. The van der Waals surface area contributed by atoms with Crippen LogP contribution >= 0.6 is 23.1 Å². The molecule has 222 valence electrons. The fourth-order valence-electron chi connectivity index (χ4n) is 3.59. The van der Waals surface area contributed by atoms with Gasteiger partial charge in [-0.15, -0.1) is 23.1 Å². The molecule has 1 saturated heterocycles. The van der Waals surface area contributed by atoms with Crippen LogP contribution in [0.15, 0.2) is 21.8 Å². The minimum absolute atomic E-state index is 0.0297. The van der Waals surface area contributed by atoms with Crippen molar-refractivity contribution in [2.75, 3.05) is 18.1 Å². The number of Topliss-reactive ketones (excluding diaryl/α,β-unsaturated/α-hetero) is 1. The Kier molecular flexibility index (Phi) is 9.75. The Balaban J connectivity index is 1.76. The number of hydrogen-bond donors (Lipinski definition) is 3. The number of nitrogens with two attached hydrogens (primary N) is 1. The molecule has 41 heavy (non-hydrogen) atoms. The van der Waals surface area contributed by atoms with Crippen LogP contribution in [0.3, 0.4) is 0 Å². The number of thiazole rings is 1. The molecule has 1 unspecified atom stereocenters. The molecule has 3 atom stereocenters. The van der Waals surface area contributed by atoms with Crippen LogP contribution < -0.4 is 11.1 Å². The first-order valence-corrected chi connectivity index (χ1v) is 14.1. The Labute approximate surface area is 242 Å². The maximum atomic E-state index is 13.2. The third-order valence-electron chi connectivity index (χ3n) is 5.36. The van der Waals surface area contributed by atoms with Crippen LogP contribution in [0.25, 0.3) is 0 Å². The normalized spacial score (nSPS) is 19.5. The van der Waals surface area contributed by atoms with Crippen molar-refractivity contribution in [1.29, 1.82) is 0 Å². The van der Waals surface area contributed by atoms with Gasteiger partial charge in [-0.05, 0) is 34.6 Å². The van der Waals surface area contributed by atoms with Gasteiger partial charge < -0.3 is 30.5 Å². The van der Waals surface area contributed by atoms with Crippen molar-refractivity contribution >= 4 is 69.4 Å². The highest BCUT2D eigenvalue weighted by atomic mass is 32.2. The average molecular weight is 612 g/mol. The number of amides is 2. The zero-order valence-electron chi connectivity index (χ0n) is 22.8. The fourth-order valence-corrected chi connectivity index (χ4v) is 5.46. The second kappa shape index (κ2) is 12.7. The number of oxime groups is 1. The number of ketones is 1. The average Bonchev–Trinajstić information content (AvgIpc) is 3.29. The molecule has 3 rings (SSSR count). The van der Waals surface area contributed by atoms with Gasteiger partial charge in [0.2, 0.25) is 6.10 Å². The van der Waals surface area contributed by atoms with Gasteiger partial charge in [0.05, 0.1) is 0 Å². The summed E-state index contributed by atoms with van der Waals surface area (Å²) >= 11 is 2.17. The van der Waals surface area contributed by atoms with Gasteiger partial charge >= 0.3 is 17.9 Å². The molecule has 4 N–H and O–H groups in total. The van der Waals surface area contributed by atoms with E-state index in [2.05, 4.69) is 15.5 Å². The van der Waals surface area contributed by atoms with Gasteiger partial charge in [-0.25, -0.2) is 14.6 Å². The summed E-state index contributed by atoms with van der Waals surface area (Å²) < 4.78 is 10.2. The van der Waals surface area contributed by atoms with Gasteiger partial charge in [0.15, 0.2) is 10.8 Å². The predicted molar refractivity (Wildman–Crippen MR) is 145 cm³/mol. The summed E-state index contributed by atoms with van der Waals surface area (Å²) in [6.45, 7) is 7.21. The number of rotatable bonds is 11. The van der Waals surface area contributed by atoms with E-state index in [4.69, 9.17) is 20.0 Å². The molecule has 0 spiro atoms. The number of nitrogen functional groups attached to an aromatic ring is 1. The largest absolute Gasteiger partial charge is 0.477 e. The molecule has 2 aliphatic rings. The maximum absolute atomic E-state index is 13.2. The monoisotopic (exact) mass is 611 g/mol. The first kappa shape index (κ1) is 31.5. The summed E-state index contributed by atoms with van der Waals surface area (Å²) in [7, 11) is 0. The zero-order chi connectivity index (χ0) is 30.6. The first-order chi connectivity index (χ1) is 19.1. The van der Waals surface area contributed by atoms with Crippen molar-refractivity contribution < 1.29 is 48.2 Å². The fraction of sp³-hybridized carbons (Fsp3) is 0.500. The molecule has 0 saturated carbocycles. The molecule has 1 fully saturated rings. The summed E-state index contributed by atoms with van der Waals surface area (Å²) in [5, 5.41) is 16.9. The number of thioether (sulfide) groups is 1. The lowest BCUT2D eigenvalue weighted by atomic mass is 10.0. The van der Waals surface area contributed by atoms with E-state index in [1.54, 1.807) is 20.8 Å². The zero-order valence-corrected chi connectivity index (χ0v) is 24.4. The Morgan fingerprint density at radius 1 is 1.29 bits per heavy atom. The number of aliphatic carboxylic acids is 1. The Morgan fingerprint density at radius 3 is 2.54 bits per heavy atom. The van der Waals surface area contributed by atoms with Crippen LogP contribution in [0, 0.1) is 0 Å². The molecule has 17 heteroatoms. The number of carboxylic acid groups (broad SMARTS) is 1. The van der Waals surface area contributed by atoms with Crippen LogP contribution in [0.4, 0.5) is 5.13 Å². The number of esters is 2. The van der Waals surface area contributed by atoms with E-state index >= 15 is 0 Å². The molecule has 2 aliphatic heterocycles. The number of anilines is 1. The van der Waals surface area contributed by atoms with E-state index in [1.165, 1.54) is 19.2 Å². The predicted octanol–water partition coefficient (Wildman–Crippen LogP) is 0.437. The van der Waals surface area contributed by atoms with Gasteiger partial charge in [-0.3, -0.25) is 24.1 Å². The molecule has 0 aromatic carbocycles. The molecule has 2 amide bonds. The van der Waals surface area contributed by atoms with Crippen molar-refractivity contribution in [3.63, 3.8) is 0 Å². The van der Waals surface area contributed by atoms with Gasteiger partial charge in [0, 0.05) is 16.7 Å². The number of carbonyl (C=O) groups is 6. The molecular weight excluding hydrogens is 582 g/mol. The van der Waals surface area contributed by atoms with Crippen molar-refractivity contribution in [3.8, 4) is 0 Å². The molecule has 1 aromatic heterocycles. The van der Waals surface area contributed by atoms with Gasteiger partial charge in [-0.1, -0.05) is 5.16 Å². The molecule has 0 bridgehead atoms. The third-order valence-corrected chi connectivity index (χ3v) is 7.37. The van der Waals surface area contributed by atoms with Crippen molar-refractivity contribution in [1.82, 2.24) is 15.2 Å². The van der Waals surface area contributed by atoms with Crippen LogP contribution in [0.5, 0.6) is 0 Å². The number of ether oxygens (including phenoxy) is 2. The molecule has 1 aromatic rings. The van der Waals surface area contributed by atoms with E-state index in [-0.39, 0.29) is 33.6 Å². The molecule has 0 radical (unpaired) electrons. The number of nitrogens with one attached hydrogen (secondary N) is 1. The highest BCUT2D eigenvalue weighted by Crippen LogP contribution is 2.40. The van der Waals surface area contributed by atoms with Crippen LogP contribution in [-0.4, -0.2) is 91.7 Å². The standard InChI is InChI=1S/C24H29N5O10S2/c1-10(30)6-14(31)37-7-12-8-40-20-16(19(33)29(20)17(12)21(34)35)27-18(32)15(13-9-41-23(25)26-13)28-39-11(2)22(36)38-24(3,4)5/h9,11,16,20H,6-8H2,1-5H3,(H2,25,26)(H,27,32)(H,34,35)/b28-15-/t11?,16-,20-/m1/s1. The van der Waals surface area contributed by atoms with E-state index in [1.807, 2.05) is 0 Å². The topological polar surface area (TPSA) is 217 Å². The lowest BCUT2D eigenvalue weighted by Crippen LogP contribution is -2.71. The highest BCUT2D eigenvalue weighted by Gasteiger charge is 2.54. The van der Waals surface area contributed by atoms with Gasteiger partial charge in [-0.2, -0.15) is 0 Å². The molecule has 15 nitrogen and oxygen atoms in total. The minimum Gasteiger partial charge on any atom is -0.477 e. The number of aromatic nitrogens is 1. The SMILES string of the molecule is CC(=O)CC(=O)OCC1=C(C(=O)O)N2C(=O)[C@@H](NC(=O)/C(=N\OC(C)C(=O)OC(C)(C)C)c3csc(N)n3)[C@H]2SC1. The number of carboxylic acids is 1. The lowest BCUT2D eigenvalue weighted by Gasteiger charge is -2.49. The van der Waals surface area contributed by atoms with Crippen molar-refractivity contribution in [2.24, 2.45) is 5.16 Å².